The molecular weight excluding hydrogens is 420 g/mol. The van der Waals surface area contributed by atoms with Gasteiger partial charge in [0.1, 0.15) is 11.5 Å². The molecule has 9 heteroatoms. The van der Waals surface area contributed by atoms with Crippen LogP contribution in [0.5, 0.6) is 11.5 Å². The number of sulfonamides is 1. The van der Waals surface area contributed by atoms with Crippen LogP contribution in [0.4, 0.5) is 0 Å². The van der Waals surface area contributed by atoms with Gasteiger partial charge in [0.15, 0.2) is 0 Å². The molecule has 0 bridgehead atoms. The summed E-state index contributed by atoms with van der Waals surface area (Å²) < 4.78 is 37.6. The van der Waals surface area contributed by atoms with Crippen LogP contribution in [0, 0.1) is 0 Å². The Kier molecular flexibility index (Phi) is 7.29. The average molecular weight is 447 g/mol. The molecule has 0 unspecified atom stereocenters. The highest BCUT2D eigenvalue weighted by molar-refractivity contribution is 7.89. The van der Waals surface area contributed by atoms with E-state index in [-0.39, 0.29) is 16.8 Å². The monoisotopic (exact) mass is 446 g/mol. The molecule has 1 aliphatic heterocycles. The average Bonchev–Trinajstić information content (AvgIpc) is 2.74. The van der Waals surface area contributed by atoms with Gasteiger partial charge in [-0.1, -0.05) is 6.07 Å². The molecular formula is C22H26N2O6S. The number of hydrogen-bond acceptors (Lipinski definition) is 6. The number of hydrogen-bond donors (Lipinski definition) is 1. The highest BCUT2D eigenvalue weighted by Gasteiger charge is 2.30. The molecule has 0 atom stereocenters. The number of rotatable bonds is 7. The molecule has 0 saturated carbocycles. The van der Waals surface area contributed by atoms with Gasteiger partial charge in [-0.05, 0) is 62.2 Å². The molecule has 1 amide bonds. The second kappa shape index (κ2) is 9.93. The largest absolute Gasteiger partial charge is 0.494 e. The summed E-state index contributed by atoms with van der Waals surface area (Å²) in [6.07, 6.45) is 1.01. The van der Waals surface area contributed by atoms with E-state index in [0.29, 0.717) is 49.6 Å². The molecule has 2 aromatic rings. The fourth-order valence-electron chi connectivity index (χ4n) is 3.40. The number of piperidine rings is 1. The normalized spacial score (nSPS) is 15.3. The van der Waals surface area contributed by atoms with Crippen LogP contribution in [-0.4, -0.2) is 50.3 Å². The van der Waals surface area contributed by atoms with E-state index in [2.05, 4.69) is 5.32 Å². The lowest BCUT2D eigenvalue weighted by Crippen LogP contribution is -2.46. The number of esters is 1. The zero-order valence-electron chi connectivity index (χ0n) is 17.5. The van der Waals surface area contributed by atoms with Crippen LogP contribution in [0.25, 0.3) is 0 Å². The van der Waals surface area contributed by atoms with Gasteiger partial charge in [-0.25, -0.2) is 8.42 Å². The van der Waals surface area contributed by atoms with Crippen LogP contribution in [0.3, 0.4) is 0 Å². The van der Waals surface area contributed by atoms with Gasteiger partial charge in [0.2, 0.25) is 10.0 Å². The van der Waals surface area contributed by atoms with Crippen LogP contribution in [-0.2, 0) is 14.8 Å². The second-order valence-corrected chi connectivity index (χ2v) is 9.12. The fourth-order valence-corrected chi connectivity index (χ4v) is 4.87. The molecule has 0 radical (unpaired) electrons. The molecule has 1 fully saturated rings. The van der Waals surface area contributed by atoms with Gasteiger partial charge in [-0.15, -0.1) is 0 Å². The van der Waals surface area contributed by atoms with Gasteiger partial charge >= 0.3 is 5.97 Å². The Balaban J connectivity index is 1.57. The number of carbonyl (C=O) groups is 2. The number of carbonyl (C=O) groups excluding carboxylic acids is 2. The zero-order chi connectivity index (χ0) is 22.4. The third kappa shape index (κ3) is 5.83. The number of nitrogens with zero attached hydrogens (tertiary/aromatic N) is 1. The molecule has 3 rings (SSSR count). The summed E-state index contributed by atoms with van der Waals surface area (Å²) in [5.74, 6) is 0.178. The Hall–Kier alpha value is -2.91. The van der Waals surface area contributed by atoms with E-state index in [0.717, 1.165) is 0 Å². The number of ether oxygens (including phenoxy) is 2. The molecule has 1 N–H and O–H groups in total. The minimum absolute atomic E-state index is 0.142. The summed E-state index contributed by atoms with van der Waals surface area (Å²) in [5, 5.41) is 2.93. The first-order chi connectivity index (χ1) is 14.8. The van der Waals surface area contributed by atoms with Crippen molar-refractivity contribution in [1.29, 1.82) is 0 Å². The lowest BCUT2D eigenvalue weighted by atomic mass is 10.1. The Morgan fingerprint density at radius 3 is 2.35 bits per heavy atom. The van der Waals surface area contributed by atoms with Gasteiger partial charge in [0.25, 0.3) is 5.91 Å². The summed E-state index contributed by atoms with van der Waals surface area (Å²) in [6, 6.07) is 12.6. The van der Waals surface area contributed by atoms with E-state index in [1.165, 1.54) is 17.3 Å². The van der Waals surface area contributed by atoms with Gasteiger partial charge in [-0.3, -0.25) is 9.59 Å². The van der Waals surface area contributed by atoms with E-state index in [1.54, 1.807) is 42.5 Å². The van der Waals surface area contributed by atoms with Crippen LogP contribution < -0.4 is 14.8 Å². The zero-order valence-corrected chi connectivity index (χ0v) is 18.4. The summed E-state index contributed by atoms with van der Waals surface area (Å²) in [4.78, 5) is 23.9. The molecule has 31 heavy (non-hydrogen) atoms. The van der Waals surface area contributed by atoms with Gasteiger partial charge in [0, 0.05) is 31.6 Å². The third-order valence-corrected chi connectivity index (χ3v) is 6.83. The van der Waals surface area contributed by atoms with Crippen molar-refractivity contribution in [3.63, 3.8) is 0 Å². The molecule has 1 saturated heterocycles. The molecule has 0 aromatic heterocycles. The second-order valence-electron chi connectivity index (χ2n) is 7.18. The number of nitrogens with one attached hydrogen (secondary N) is 1. The highest BCUT2D eigenvalue weighted by atomic mass is 32.2. The van der Waals surface area contributed by atoms with Crippen molar-refractivity contribution >= 4 is 21.9 Å². The van der Waals surface area contributed by atoms with E-state index in [1.807, 2.05) is 6.92 Å². The van der Waals surface area contributed by atoms with Crippen molar-refractivity contribution in [3.05, 3.63) is 54.1 Å². The van der Waals surface area contributed by atoms with Gasteiger partial charge in [0.05, 0.1) is 11.5 Å². The first kappa shape index (κ1) is 22.8. The van der Waals surface area contributed by atoms with Crippen molar-refractivity contribution in [1.82, 2.24) is 9.62 Å². The standard InChI is InChI=1S/C22H26N2O6S/c1-3-29-19-7-9-21(10-8-19)31(27,28)24-13-11-18(12-14-24)23-22(26)17-5-4-6-20(15-17)30-16(2)25/h4-10,15,18H,3,11-14H2,1-2H3,(H,23,26). The van der Waals surface area contributed by atoms with E-state index < -0.39 is 16.0 Å². The Labute approximate surface area is 182 Å². The van der Waals surface area contributed by atoms with Crippen LogP contribution in [0.1, 0.15) is 37.0 Å². The molecule has 0 spiro atoms. The fraction of sp³-hybridized carbons (Fsp3) is 0.364. The molecule has 1 heterocycles. The first-order valence-electron chi connectivity index (χ1n) is 10.1. The van der Waals surface area contributed by atoms with E-state index >= 15 is 0 Å². The topological polar surface area (TPSA) is 102 Å². The predicted molar refractivity (Wildman–Crippen MR) is 115 cm³/mol. The lowest BCUT2D eigenvalue weighted by molar-refractivity contribution is -0.131. The van der Waals surface area contributed by atoms with Crippen molar-refractivity contribution in [2.24, 2.45) is 0 Å². The maximum atomic E-state index is 12.9. The highest BCUT2D eigenvalue weighted by Crippen LogP contribution is 2.23. The smallest absolute Gasteiger partial charge is 0.308 e. The van der Waals surface area contributed by atoms with Crippen molar-refractivity contribution in [2.45, 2.75) is 37.6 Å². The van der Waals surface area contributed by atoms with Crippen molar-refractivity contribution in [3.8, 4) is 11.5 Å². The molecule has 2 aromatic carbocycles. The van der Waals surface area contributed by atoms with Crippen LogP contribution >= 0.6 is 0 Å². The summed E-state index contributed by atoms with van der Waals surface area (Å²) in [5.41, 5.74) is 0.378. The van der Waals surface area contributed by atoms with E-state index in [9.17, 15) is 18.0 Å². The molecule has 0 aliphatic carbocycles. The van der Waals surface area contributed by atoms with Gasteiger partial charge < -0.3 is 14.8 Å². The van der Waals surface area contributed by atoms with Gasteiger partial charge in [-0.2, -0.15) is 4.31 Å². The Bertz CT molecular complexity index is 1030. The Morgan fingerprint density at radius 1 is 1.06 bits per heavy atom. The maximum absolute atomic E-state index is 12.9. The summed E-state index contributed by atoms with van der Waals surface area (Å²) >= 11 is 0. The van der Waals surface area contributed by atoms with Crippen molar-refractivity contribution < 1.29 is 27.5 Å². The molecule has 8 nitrogen and oxygen atoms in total. The summed E-state index contributed by atoms with van der Waals surface area (Å²) in [7, 11) is -3.60. The third-order valence-electron chi connectivity index (χ3n) is 4.92. The molecule has 1 aliphatic rings. The lowest BCUT2D eigenvalue weighted by Gasteiger charge is -2.31. The summed E-state index contributed by atoms with van der Waals surface area (Å²) in [6.45, 7) is 4.30. The first-order valence-corrected chi connectivity index (χ1v) is 11.6. The van der Waals surface area contributed by atoms with Crippen molar-refractivity contribution in [2.75, 3.05) is 19.7 Å². The van der Waals surface area contributed by atoms with E-state index in [4.69, 9.17) is 9.47 Å². The SMILES string of the molecule is CCOc1ccc(S(=O)(=O)N2CCC(NC(=O)c3cccc(OC(C)=O)c3)CC2)cc1. The molecule has 166 valence electrons. The predicted octanol–water partition coefficient (Wildman–Crippen LogP) is 2.59. The van der Waals surface area contributed by atoms with Crippen LogP contribution in [0.2, 0.25) is 0 Å². The quantitative estimate of drug-likeness (QED) is 0.518. The maximum Gasteiger partial charge on any atom is 0.308 e. The Morgan fingerprint density at radius 2 is 1.74 bits per heavy atom. The number of amides is 1. The minimum atomic E-state index is -3.60. The number of benzene rings is 2. The van der Waals surface area contributed by atoms with Crippen LogP contribution in [0.15, 0.2) is 53.4 Å². The minimum Gasteiger partial charge on any atom is -0.494 e.